The van der Waals surface area contributed by atoms with E-state index in [-0.39, 0.29) is 24.9 Å². The third-order valence-electron chi connectivity index (χ3n) is 2.22. The van der Waals surface area contributed by atoms with Crippen LogP contribution < -0.4 is 0 Å². The van der Waals surface area contributed by atoms with Crippen molar-refractivity contribution in [3.63, 3.8) is 0 Å². The van der Waals surface area contributed by atoms with Crippen molar-refractivity contribution in [3.8, 4) is 0 Å². The van der Waals surface area contributed by atoms with Crippen molar-refractivity contribution in [1.82, 2.24) is 0 Å². The van der Waals surface area contributed by atoms with Gasteiger partial charge in [0.15, 0.2) is 0 Å². The fraction of sp³-hybridized carbons (Fsp3) is 0.455. The fourth-order valence-electron chi connectivity index (χ4n) is 1.25. The van der Waals surface area contributed by atoms with Gasteiger partial charge in [-0.05, 0) is 11.6 Å². The van der Waals surface area contributed by atoms with E-state index >= 15 is 0 Å². The van der Waals surface area contributed by atoms with Gasteiger partial charge < -0.3 is 9.84 Å². The van der Waals surface area contributed by atoms with Crippen molar-refractivity contribution in [2.75, 3.05) is 13.7 Å². The van der Waals surface area contributed by atoms with Gasteiger partial charge in [-0.25, -0.2) is 4.39 Å². The van der Waals surface area contributed by atoms with E-state index in [9.17, 15) is 4.39 Å². The predicted octanol–water partition coefficient (Wildman–Crippen LogP) is 2.07. The molecule has 0 heterocycles. The summed E-state index contributed by atoms with van der Waals surface area (Å²) in [6.45, 7) is 2.16. The zero-order chi connectivity index (χ0) is 10.6. The van der Waals surface area contributed by atoms with Crippen LogP contribution in [0.5, 0.6) is 0 Å². The molecule has 1 unspecified atom stereocenters. The Labute approximate surface area is 83.3 Å². The summed E-state index contributed by atoms with van der Waals surface area (Å²) in [6.07, 6.45) is 0. The van der Waals surface area contributed by atoms with E-state index < -0.39 is 0 Å². The summed E-state index contributed by atoms with van der Waals surface area (Å²) in [5, 5.41) is 8.90. The number of aliphatic hydroxyl groups excluding tert-OH is 1. The van der Waals surface area contributed by atoms with Gasteiger partial charge >= 0.3 is 0 Å². The first-order valence-corrected chi connectivity index (χ1v) is 4.57. The Balaban J connectivity index is 2.88. The molecular formula is C11H15FO2. The monoisotopic (exact) mass is 198 g/mol. The first-order chi connectivity index (χ1) is 6.69. The van der Waals surface area contributed by atoms with Crippen molar-refractivity contribution >= 4 is 0 Å². The van der Waals surface area contributed by atoms with Gasteiger partial charge in [0.05, 0.1) is 6.61 Å². The maximum absolute atomic E-state index is 13.4. The van der Waals surface area contributed by atoms with Crippen molar-refractivity contribution in [2.24, 2.45) is 0 Å². The molecule has 0 bridgehead atoms. The molecule has 1 aromatic carbocycles. The third kappa shape index (κ3) is 2.53. The highest BCUT2D eigenvalue weighted by Gasteiger charge is 2.07. The third-order valence-corrected chi connectivity index (χ3v) is 2.22. The minimum absolute atomic E-state index is 0.0268. The van der Waals surface area contributed by atoms with Crippen LogP contribution in [0, 0.1) is 5.82 Å². The van der Waals surface area contributed by atoms with E-state index in [1.807, 2.05) is 13.0 Å². The molecule has 0 radical (unpaired) electrons. The molecule has 0 saturated carbocycles. The molecule has 78 valence electrons. The largest absolute Gasteiger partial charge is 0.396 e. The lowest BCUT2D eigenvalue weighted by molar-refractivity contribution is 0.181. The smallest absolute Gasteiger partial charge is 0.129 e. The van der Waals surface area contributed by atoms with Gasteiger partial charge in [0, 0.05) is 25.2 Å². The Morgan fingerprint density at radius 3 is 2.71 bits per heavy atom. The Morgan fingerprint density at radius 1 is 1.50 bits per heavy atom. The molecule has 0 amide bonds. The Hall–Kier alpha value is -0.930. The number of hydrogen-bond acceptors (Lipinski definition) is 2. The molecular weight excluding hydrogens is 183 g/mol. The van der Waals surface area contributed by atoms with E-state index in [0.29, 0.717) is 5.56 Å². The topological polar surface area (TPSA) is 29.5 Å². The zero-order valence-electron chi connectivity index (χ0n) is 8.46. The summed E-state index contributed by atoms with van der Waals surface area (Å²) in [4.78, 5) is 0. The minimum atomic E-state index is -0.273. The molecule has 0 spiro atoms. The molecule has 0 aromatic heterocycles. The molecule has 2 nitrogen and oxygen atoms in total. The van der Waals surface area contributed by atoms with Gasteiger partial charge in [0.2, 0.25) is 0 Å². The van der Waals surface area contributed by atoms with Crippen LogP contribution in [0.3, 0.4) is 0 Å². The van der Waals surface area contributed by atoms with E-state index in [1.165, 1.54) is 13.2 Å². The molecule has 0 aliphatic rings. The SMILES string of the molecule is COCc1ccc(C(C)CO)cc1F. The highest BCUT2D eigenvalue weighted by molar-refractivity contribution is 5.26. The quantitative estimate of drug-likeness (QED) is 0.802. The summed E-state index contributed by atoms with van der Waals surface area (Å²) < 4.78 is 18.2. The number of aliphatic hydroxyl groups is 1. The lowest BCUT2D eigenvalue weighted by Crippen LogP contribution is -2.01. The van der Waals surface area contributed by atoms with Crippen LogP contribution >= 0.6 is 0 Å². The highest BCUT2D eigenvalue weighted by atomic mass is 19.1. The second-order valence-electron chi connectivity index (χ2n) is 3.37. The van der Waals surface area contributed by atoms with Crippen LogP contribution in [0.1, 0.15) is 24.0 Å². The lowest BCUT2D eigenvalue weighted by atomic mass is 10.0. The average molecular weight is 198 g/mol. The molecule has 1 atom stereocenters. The predicted molar refractivity (Wildman–Crippen MR) is 52.6 cm³/mol. The molecule has 3 heteroatoms. The van der Waals surface area contributed by atoms with E-state index in [1.54, 1.807) is 6.07 Å². The Morgan fingerprint density at radius 2 is 2.21 bits per heavy atom. The van der Waals surface area contributed by atoms with Crippen molar-refractivity contribution < 1.29 is 14.2 Å². The van der Waals surface area contributed by atoms with Crippen molar-refractivity contribution in [1.29, 1.82) is 0 Å². The maximum Gasteiger partial charge on any atom is 0.129 e. The number of hydrogen-bond donors (Lipinski definition) is 1. The molecule has 0 aliphatic carbocycles. The van der Waals surface area contributed by atoms with Gasteiger partial charge in [0.1, 0.15) is 5.82 Å². The summed E-state index contributed by atoms with van der Waals surface area (Å²) in [6, 6.07) is 4.97. The highest BCUT2D eigenvalue weighted by Crippen LogP contribution is 2.18. The Kier molecular flexibility index (Phi) is 4.04. The summed E-state index contributed by atoms with van der Waals surface area (Å²) in [7, 11) is 1.53. The number of halogens is 1. The lowest BCUT2D eigenvalue weighted by Gasteiger charge is -2.10. The van der Waals surface area contributed by atoms with Crippen LogP contribution in [-0.4, -0.2) is 18.8 Å². The van der Waals surface area contributed by atoms with E-state index in [2.05, 4.69) is 0 Å². The maximum atomic E-state index is 13.4. The molecule has 0 saturated heterocycles. The van der Waals surface area contributed by atoms with Crippen molar-refractivity contribution in [3.05, 3.63) is 35.1 Å². The molecule has 1 rings (SSSR count). The van der Waals surface area contributed by atoms with Crippen molar-refractivity contribution in [2.45, 2.75) is 19.4 Å². The minimum Gasteiger partial charge on any atom is -0.396 e. The van der Waals surface area contributed by atoms with Gasteiger partial charge in [-0.2, -0.15) is 0 Å². The van der Waals surface area contributed by atoms with Gasteiger partial charge in [-0.1, -0.05) is 19.1 Å². The van der Waals surface area contributed by atoms with E-state index in [0.717, 1.165) is 5.56 Å². The second-order valence-corrected chi connectivity index (χ2v) is 3.37. The molecule has 1 N–H and O–H groups in total. The average Bonchev–Trinajstić information content (AvgIpc) is 2.20. The normalized spacial score (nSPS) is 12.9. The van der Waals surface area contributed by atoms with Crippen LogP contribution in [0.2, 0.25) is 0 Å². The summed E-state index contributed by atoms with van der Waals surface area (Å²) >= 11 is 0. The Bertz CT molecular complexity index is 299. The van der Waals surface area contributed by atoms with Crippen LogP contribution in [0.25, 0.3) is 0 Å². The number of rotatable bonds is 4. The van der Waals surface area contributed by atoms with Crippen LogP contribution in [0.4, 0.5) is 4.39 Å². The molecule has 14 heavy (non-hydrogen) atoms. The molecule has 0 fully saturated rings. The molecule has 1 aromatic rings. The number of benzene rings is 1. The number of methoxy groups -OCH3 is 1. The first kappa shape index (κ1) is 11.1. The van der Waals surface area contributed by atoms with Gasteiger partial charge in [-0.15, -0.1) is 0 Å². The molecule has 0 aliphatic heterocycles. The number of ether oxygens (including phenoxy) is 1. The standard InChI is InChI=1S/C11H15FO2/c1-8(6-13)9-3-4-10(7-14-2)11(12)5-9/h3-5,8,13H,6-7H2,1-2H3. The zero-order valence-corrected chi connectivity index (χ0v) is 8.46. The van der Waals surface area contributed by atoms with Gasteiger partial charge in [-0.3, -0.25) is 0 Å². The van der Waals surface area contributed by atoms with E-state index in [4.69, 9.17) is 9.84 Å². The van der Waals surface area contributed by atoms with Gasteiger partial charge in [0.25, 0.3) is 0 Å². The van der Waals surface area contributed by atoms with Crippen LogP contribution in [0.15, 0.2) is 18.2 Å². The first-order valence-electron chi connectivity index (χ1n) is 4.57. The summed E-state index contributed by atoms with van der Waals surface area (Å²) in [5.41, 5.74) is 1.35. The van der Waals surface area contributed by atoms with Crippen LogP contribution in [-0.2, 0) is 11.3 Å². The fourth-order valence-corrected chi connectivity index (χ4v) is 1.25. The second kappa shape index (κ2) is 5.08. The summed E-state index contributed by atoms with van der Waals surface area (Å²) in [5.74, 6) is -0.300.